The molecule has 0 aliphatic rings. The molecule has 0 aromatic heterocycles. The molecule has 0 saturated heterocycles. The van der Waals surface area contributed by atoms with E-state index in [2.05, 4.69) is 19.2 Å². The minimum absolute atomic E-state index is 0.213. The van der Waals surface area contributed by atoms with Crippen molar-refractivity contribution in [3.63, 3.8) is 0 Å². The fourth-order valence-electron chi connectivity index (χ4n) is 1.36. The standard InChI is InChI=1S/C11H23NO/c1-4-7-9-10(6-3)12-11(13)8-5-2/h10H,4-9H2,1-3H3,(H,12,13). The van der Waals surface area contributed by atoms with Crippen molar-refractivity contribution in [2.24, 2.45) is 0 Å². The first-order chi connectivity index (χ1) is 6.24. The van der Waals surface area contributed by atoms with Crippen molar-refractivity contribution in [2.45, 2.75) is 65.3 Å². The lowest BCUT2D eigenvalue weighted by Gasteiger charge is -2.16. The Balaban J connectivity index is 3.62. The van der Waals surface area contributed by atoms with Gasteiger partial charge in [-0.05, 0) is 19.3 Å². The number of carbonyl (C=O) groups is 1. The summed E-state index contributed by atoms with van der Waals surface area (Å²) in [6.07, 6.45) is 6.21. The zero-order valence-corrected chi connectivity index (χ0v) is 9.23. The van der Waals surface area contributed by atoms with Gasteiger partial charge in [0.1, 0.15) is 0 Å². The molecule has 1 atom stereocenters. The Hall–Kier alpha value is -0.530. The van der Waals surface area contributed by atoms with Crippen LogP contribution in [0.2, 0.25) is 0 Å². The summed E-state index contributed by atoms with van der Waals surface area (Å²) in [4.78, 5) is 11.3. The van der Waals surface area contributed by atoms with Crippen LogP contribution in [0.15, 0.2) is 0 Å². The number of rotatable bonds is 7. The highest BCUT2D eigenvalue weighted by molar-refractivity contribution is 5.76. The van der Waals surface area contributed by atoms with Crippen LogP contribution in [0.1, 0.15) is 59.3 Å². The van der Waals surface area contributed by atoms with Crippen molar-refractivity contribution in [3.05, 3.63) is 0 Å². The van der Waals surface area contributed by atoms with Gasteiger partial charge in [-0.2, -0.15) is 0 Å². The second-order valence-corrected chi connectivity index (χ2v) is 3.56. The molecule has 0 heterocycles. The highest BCUT2D eigenvalue weighted by atomic mass is 16.1. The molecule has 1 amide bonds. The maximum absolute atomic E-state index is 11.3. The first-order valence-corrected chi connectivity index (χ1v) is 5.53. The summed E-state index contributed by atoms with van der Waals surface area (Å²) in [5, 5.41) is 3.06. The van der Waals surface area contributed by atoms with Crippen LogP contribution in [0.5, 0.6) is 0 Å². The molecule has 2 heteroatoms. The van der Waals surface area contributed by atoms with Crippen molar-refractivity contribution < 1.29 is 4.79 Å². The van der Waals surface area contributed by atoms with E-state index in [4.69, 9.17) is 0 Å². The van der Waals surface area contributed by atoms with Crippen LogP contribution in [0.3, 0.4) is 0 Å². The zero-order chi connectivity index (χ0) is 10.1. The smallest absolute Gasteiger partial charge is 0.220 e. The summed E-state index contributed by atoms with van der Waals surface area (Å²) < 4.78 is 0. The topological polar surface area (TPSA) is 29.1 Å². The predicted octanol–water partition coefficient (Wildman–Crippen LogP) is 2.87. The van der Waals surface area contributed by atoms with E-state index in [-0.39, 0.29) is 5.91 Å². The molecule has 0 rings (SSSR count). The van der Waals surface area contributed by atoms with Crippen LogP contribution in [-0.4, -0.2) is 11.9 Å². The molecule has 2 nitrogen and oxygen atoms in total. The molecule has 0 aliphatic heterocycles. The molecule has 0 aliphatic carbocycles. The number of nitrogens with one attached hydrogen (secondary N) is 1. The lowest BCUT2D eigenvalue weighted by atomic mass is 10.1. The Morgan fingerprint density at radius 3 is 2.38 bits per heavy atom. The summed E-state index contributed by atoms with van der Waals surface area (Å²) in [6, 6.07) is 0.402. The molecule has 13 heavy (non-hydrogen) atoms. The maximum Gasteiger partial charge on any atom is 0.220 e. The third kappa shape index (κ3) is 6.62. The normalized spacial score (nSPS) is 12.5. The molecule has 0 spiro atoms. The van der Waals surface area contributed by atoms with Crippen molar-refractivity contribution in [2.75, 3.05) is 0 Å². The third-order valence-electron chi connectivity index (χ3n) is 2.24. The lowest BCUT2D eigenvalue weighted by Crippen LogP contribution is -2.33. The van der Waals surface area contributed by atoms with E-state index in [1.54, 1.807) is 0 Å². The Morgan fingerprint density at radius 1 is 1.23 bits per heavy atom. The second kappa shape index (κ2) is 8.09. The van der Waals surface area contributed by atoms with Gasteiger partial charge in [0.05, 0.1) is 0 Å². The molecule has 1 unspecified atom stereocenters. The van der Waals surface area contributed by atoms with E-state index in [1.807, 2.05) is 6.92 Å². The largest absolute Gasteiger partial charge is 0.353 e. The van der Waals surface area contributed by atoms with Gasteiger partial charge in [-0.3, -0.25) is 4.79 Å². The first-order valence-electron chi connectivity index (χ1n) is 5.53. The van der Waals surface area contributed by atoms with Crippen molar-refractivity contribution >= 4 is 5.91 Å². The van der Waals surface area contributed by atoms with Crippen LogP contribution in [-0.2, 0) is 4.79 Å². The Kier molecular flexibility index (Phi) is 7.76. The van der Waals surface area contributed by atoms with Crippen molar-refractivity contribution in [1.82, 2.24) is 5.32 Å². The summed E-state index contributed by atoms with van der Waals surface area (Å²) in [5.41, 5.74) is 0. The highest BCUT2D eigenvalue weighted by Crippen LogP contribution is 2.04. The minimum atomic E-state index is 0.213. The minimum Gasteiger partial charge on any atom is -0.353 e. The Bertz CT molecular complexity index is 134. The molecule has 0 saturated carbocycles. The summed E-state index contributed by atoms with van der Waals surface area (Å²) >= 11 is 0. The van der Waals surface area contributed by atoms with Gasteiger partial charge in [0.25, 0.3) is 0 Å². The van der Waals surface area contributed by atoms with Crippen LogP contribution < -0.4 is 5.32 Å². The molecule has 0 fully saturated rings. The second-order valence-electron chi connectivity index (χ2n) is 3.56. The number of unbranched alkanes of at least 4 members (excludes halogenated alkanes) is 1. The van der Waals surface area contributed by atoms with E-state index in [9.17, 15) is 4.79 Å². The molecule has 0 bridgehead atoms. The Labute approximate surface area is 82.1 Å². The van der Waals surface area contributed by atoms with E-state index >= 15 is 0 Å². The van der Waals surface area contributed by atoms with Gasteiger partial charge in [-0.15, -0.1) is 0 Å². The SMILES string of the molecule is CCCCC(CC)NC(=O)CCC. The summed E-state index contributed by atoms with van der Waals surface area (Å²) in [7, 11) is 0. The maximum atomic E-state index is 11.3. The van der Waals surface area contributed by atoms with Crippen LogP contribution in [0, 0.1) is 0 Å². The van der Waals surface area contributed by atoms with Gasteiger partial charge in [-0.1, -0.05) is 33.6 Å². The number of hydrogen-bond acceptors (Lipinski definition) is 1. The van der Waals surface area contributed by atoms with Crippen molar-refractivity contribution in [1.29, 1.82) is 0 Å². The van der Waals surface area contributed by atoms with Gasteiger partial charge in [0.2, 0.25) is 5.91 Å². The molecule has 0 aromatic rings. The van der Waals surface area contributed by atoms with E-state index in [0.29, 0.717) is 12.5 Å². The van der Waals surface area contributed by atoms with Gasteiger partial charge < -0.3 is 5.32 Å². The monoisotopic (exact) mass is 185 g/mol. The predicted molar refractivity (Wildman–Crippen MR) is 56.7 cm³/mol. The lowest BCUT2D eigenvalue weighted by molar-refractivity contribution is -0.121. The number of hydrogen-bond donors (Lipinski definition) is 1. The molecular weight excluding hydrogens is 162 g/mol. The molecule has 0 aromatic carbocycles. The number of amides is 1. The number of carbonyl (C=O) groups excluding carboxylic acids is 1. The third-order valence-corrected chi connectivity index (χ3v) is 2.24. The van der Waals surface area contributed by atoms with E-state index in [1.165, 1.54) is 12.8 Å². The quantitative estimate of drug-likeness (QED) is 0.649. The summed E-state index contributed by atoms with van der Waals surface area (Å²) in [5.74, 6) is 0.213. The summed E-state index contributed by atoms with van der Waals surface area (Å²) in [6.45, 7) is 6.35. The zero-order valence-electron chi connectivity index (χ0n) is 9.23. The first kappa shape index (κ1) is 12.5. The van der Waals surface area contributed by atoms with E-state index < -0.39 is 0 Å². The molecule has 78 valence electrons. The van der Waals surface area contributed by atoms with Crippen LogP contribution >= 0.6 is 0 Å². The fourth-order valence-corrected chi connectivity index (χ4v) is 1.36. The van der Waals surface area contributed by atoms with Gasteiger partial charge in [0, 0.05) is 12.5 Å². The molecule has 1 N–H and O–H groups in total. The average molecular weight is 185 g/mol. The van der Waals surface area contributed by atoms with Crippen LogP contribution in [0.25, 0.3) is 0 Å². The van der Waals surface area contributed by atoms with Gasteiger partial charge in [-0.25, -0.2) is 0 Å². The van der Waals surface area contributed by atoms with E-state index in [0.717, 1.165) is 19.3 Å². The Morgan fingerprint density at radius 2 is 1.92 bits per heavy atom. The molecule has 0 radical (unpaired) electrons. The highest BCUT2D eigenvalue weighted by Gasteiger charge is 2.08. The van der Waals surface area contributed by atoms with Crippen molar-refractivity contribution in [3.8, 4) is 0 Å². The average Bonchev–Trinajstić information content (AvgIpc) is 2.12. The fraction of sp³-hybridized carbons (Fsp3) is 0.909. The molecular formula is C11H23NO. The van der Waals surface area contributed by atoms with Crippen LogP contribution in [0.4, 0.5) is 0 Å². The van der Waals surface area contributed by atoms with Gasteiger partial charge in [0.15, 0.2) is 0 Å². The van der Waals surface area contributed by atoms with Gasteiger partial charge >= 0.3 is 0 Å².